The van der Waals surface area contributed by atoms with Crippen molar-refractivity contribution in [1.82, 2.24) is 4.90 Å². The molecule has 1 atom stereocenters. The Bertz CT molecular complexity index is 366. The first-order chi connectivity index (χ1) is 7.50. The predicted molar refractivity (Wildman–Crippen MR) is 61.6 cm³/mol. The fraction of sp³-hybridized carbons (Fsp3) is 0.417. The summed E-state index contributed by atoms with van der Waals surface area (Å²) < 4.78 is 12.9. The normalized spacial score (nSPS) is 12.2. The van der Waals surface area contributed by atoms with Crippen LogP contribution in [-0.4, -0.2) is 30.4 Å². The average Bonchev–Trinajstić information content (AvgIpc) is 2.24. The second-order valence-electron chi connectivity index (χ2n) is 4.00. The molecule has 0 saturated heterocycles. The summed E-state index contributed by atoms with van der Waals surface area (Å²) in [4.78, 5) is 13.4. The molecule has 1 aromatic rings. The van der Waals surface area contributed by atoms with Gasteiger partial charge in [-0.25, -0.2) is 4.39 Å². The summed E-state index contributed by atoms with van der Waals surface area (Å²) in [7, 11) is 1.69. The van der Waals surface area contributed by atoms with E-state index >= 15 is 0 Å². The van der Waals surface area contributed by atoms with Crippen LogP contribution in [-0.2, 0) is 0 Å². The topological polar surface area (TPSA) is 46.3 Å². The Morgan fingerprint density at radius 2 is 2.25 bits per heavy atom. The summed E-state index contributed by atoms with van der Waals surface area (Å²) in [5.41, 5.74) is 5.97. The molecule has 1 unspecified atom stereocenters. The molecule has 0 spiro atoms. The fourth-order valence-corrected chi connectivity index (χ4v) is 1.34. The van der Waals surface area contributed by atoms with Crippen molar-refractivity contribution >= 4 is 5.91 Å². The molecule has 0 radical (unpaired) electrons. The van der Waals surface area contributed by atoms with Crippen LogP contribution in [0.25, 0.3) is 0 Å². The monoisotopic (exact) mass is 224 g/mol. The lowest BCUT2D eigenvalue weighted by atomic mass is 10.2. The molecule has 0 fully saturated rings. The van der Waals surface area contributed by atoms with E-state index in [2.05, 4.69) is 0 Å². The van der Waals surface area contributed by atoms with Crippen LogP contribution in [0.3, 0.4) is 0 Å². The Balaban J connectivity index is 2.63. The number of benzene rings is 1. The van der Waals surface area contributed by atoms with Crippen molar-refractivity contribution in [2.45, 2.75) is 19.4 Å². The Morgan fingerprint density at radius 3 is 2.81 bits per heavy atom. The number of hydrogen-bond donors (Lipinski definition) is 1. The van der Waals surface area contributed by atoms with Crippen molar-refractivity contribution in [2.75, 3.05) is 13.6 Å². The maximum absolute atomic E-state index is 12.9. The van der Waals surface area contributed by atoms with E-state index in [1.165, 1.54) is 18.2 Å². The highest BCUT2D eigenvalue weighted by Gasteiger charge is 2.12. The third kappa shape index (κ3) is 3.62. The smallest absolute Gasteiger partial charge is 0.253 e. The first-order valence-corrected chi connectivity index (χ1v) is 5.27. The van der Waals surface area contributed by atoms with Crippen molar-refractivity contribution in [3.63, 3.8) is 0 Å². The molecule has 16 heavy (non-hydrogen) atoms. The lowest BCUT2D eigenvalue weighted by Crippen LogP contribution is -2.31. The quantitative estimate of drug-likeness (QED) is 0.845. The largest absolute Gasteiger partial charge is 0.342 e. The van der Waals surface area contributed by atoms with E-state index in [4.69, 9.17) is 5.73 Å². The second-order valence-corrected chi connectivity index (χ2v) is 4.00. The van der Waals surface area contributed by atoms with Crippen LogP contribution in [0, 0.1) is 5.82 Å². The van der Waals surface area contributed by atoms with E-state index in [1.54, 1.807) is 18.0 Å². The first kappa shape index (κ1) is 12.6. The zero-order chi connectivity index (χ0) is 12.1. The number of nitrogens with zero attached hydrogens (tertiary/aromatic N) is 1. The van der Waals surface area contributed by atoms with E-state index < -0.39 is 5.82 Å². The third-order valence-corrected chi connectivity index (χ3v) is 2.34. The molecule has 0 aliphatic rings. The summed E-state index contributed by atoms with van der Waals surface area (Å²) in [6.45, 7) is 2.47. The molecule has 0 heterocycles. The predicted octanol–water partition coefficient (Wildman–Crippen LogP) is 1.64. The second kappa shape index (κ2) is 5.61. The lowest BCUT2D eigenvalue weighted by Gasteiger charge is -2.18. The van der Waals surface area contributed by atoms with Gasteiger partial charge in [0.25, 0.3) is 5.91 Å². The van der Waals surface area contributed by atoms with Gasteiger partial charge in [0, 0.05) is 25.2 Å². The highest BCUT2D eigenvalue weighted by Crippen LogP contribution is 2.07. The van der Waals surface area contributed by atoms with Crippen LogP contribution >= 0.6 is 0 Å². The maximum Gasteiger partial charge on any atom is 0.253 e. The number of amides is 1. The molecule has 1 rings (SSSR count). The van der Waals surface area contributed by atoms with Crippen molar-refractivity contribution < 1.29 is 9.18 Å². The average molecular weight is 224 g/mol. The van der Waals surface area contributed by atoms with Crippen LogP contribution in [0.2, 0.25) is 0 Å². The molecule has 0 saturated carbocycles. The summed E-state index contributed by atoms with van der Waals surface area (Å²) in [5.74, 6) is -0.577. The molecule has 4 heteroatoms. The van der Waals surface area contributed by atoms with Gasteiger partial charge < -0.3 is 10.6 Å². The number of hydrogen-bond acceptors (Lipinski definition) is 2. The molecule has 1 amide bonds. The van der Waals surface area contributed by atoms with Gasteiger partial charge in [0.1, 0.15) is 5.82 Å². The molecule has 2 N–H and O–H groups in total. The van der Waals surface area contributed by atoms with Crippen LogP contribution in [0.15, 0.2) is 24.3 Å². The number of carbonyl (C=O) groups is 1. The molecule has 0 aliphatic heterocycles. The van der Waals surface area contributed by atoms with E-state index in [-0.39, 0.29) is 11.9 Å². The maximum atomic E-state index is 12.9. The number of halogens is 1. The molecule has 0 bridgehead atoms. The Kier molecular flexibility index (Phi) is 4.43. The summed E-state index contributed by atoms with van der Waals surface area (Å²) in [6.07, 6.45) is 0.734. The lowest BCUT2D eigenvalue weighted by molar-refractivity contribution is 0.0791. The first-order valence-electron chi connectivity index (χ1n) is 5.27. The fourth-order valence-electron chi connectivity index (χ4n) is 1.34. The SMILES string of the molecule is CC(N)CCN(C)C(=O)c1cccc(F)c1. The van der Waals surface area contributed by atoms with Gasteiger partial charge in [-0.2, -0.15) is 0 Å². The van der Waals surface area contributed by atoms with Crippen LogP contribution in [0.5, 0.6) is 0 Å². The summed E-state index contributed by atoms with van der Waals surface area (Å²) in [6, 6.07) is 5.75. The van der Waals surface area contributed by atoms with Crippen molar-refractivity contribution in [3.8, 4) is 0 Å². The van der Waals surface area contributed by atoms with Gasteiger partial charge in [0.2, 0.25) is 0 Å². The van der Waals surface area contributed by atoms with Crippen molar-refractivity contribution in [1.29, 1.82) is 0 Å². The number of nitrogens with two attached hydrogens (primary N) is 1. The van der Waals surface area contributed by atoms with Gasteiger partial charge in [0.05, 0.1) is 0 Å². The molecule has 3 nitrogen and oxygen atoms in total. The van der Waals surface area contributed by atoms with Crippen LogP contribution < -0.4 is 5.73 Å². The molecular weight excluding hydrogens is 207 g/mol. The molecule has 1 aromatic carbocycles. The summed E-state index contributed by atoms with van der Waals surface area (Å²) >= 11 is 0. The minimum absolute atomic E-state index is 0.0581. The van der Waals surface area contributed by atoms with Gasteiger partial charge in [0.15, 0.2) is 0 Å². The van der Waals surface area contributed by atoms with E-state index in [1.807, 2.05) is 6.92 Å². The highest BCUT2D eigenvalue weighted by molar-refractivity contribution is 5.94. The van der Waals surface area contributed by atoms with Crippen LogP contribution in [0.4, 0.5) is 4.39 Å². The minimum Gasteiger partial charge on any atom is -0.342 e. The van der Waals surface area contributed by atoms with E-state index in [0.29, 0.717) is 12.1 Å². The van der Waals surface area contributed by atoms with Gasteiger partial charge in [-0.1, -0.05) is 6.07 Å². The van der Waals surface area contributed by atoms with Gasteiger partial charge >= 0.3 is 0 Å². The molecule has 0 aromatic heterocycles. The number of rotatable bonds is 4. The Hall–Kier alpha value is -1.42. The van der Waals surface area contributed by atoms with Crippen LogP contribution in [0.1, 0.15) is 23.7 Å². The zero-order valence-corrected chi connectivity index (χ0v) is 9.61. The van der Waals surface area contributed by atoms with E-state index in [0.717, 1.165) is 6.42 Å². The minimum atomic E-state index is -0.397. The Morgan fingerprint density at radius 1 is 1.56 bits per heavy atom. The molecule has 88 valence electrons. The van der Waals surface area contributed by atoms with E-state index in [9.17, 15) is 9.18 Å². The van der Waals surface area contributed by atoms with Gasteiger partial charge in [-0.3, -0.25) is 4.79 Å². The number of carbonyl (C=O) groups excluding carboxylic acids is 1. The molecular formula is C12H17FN2O. The third-order valence-electron chi connectivity index (χ3n) is 2.34. The van der Waals surface area contributed by atoms with Crippen molar-refractivity contribution in [3.05, 3.63) is 35.6 Å². The zero-order valence-electron chi connectivity index (χ0n) is 9.61. The molecule has 0 aliphatic carbocycles. The van der Waals surface area contributed by atoms with Gasteiger partial charge in [-0.15, -0.1) is 0 Å². The Labute approximate surface area is 95.0 Å². The standard InChI is InChI=1S/C12H17FN2O/c1-9(14)6-7-15(2)12(16)10-4-3-5-11(13)8-10/h3-5,8-9H,6-7,14H2,1-2H3. The van der Waals surface area contributed by atoms with Gasteiger partial charge in [-0.05, 0) is 31.5 Å². The highest BCUT2D eigenvalue weighted by atomic mass is 19.1. The van der Waals surface area contributed by atoms with Crippen molar-refractivity contribution in [2.24, 2.45) is 5.73 Å². The summed E-state index contributed by atoms with van der Waals surface area (Å²) in [5, 5.41) is 0.